The maximum atomic E-state index is 13.8. The molecule has 0 aliphatic carbocycles. The van der Waals surface area contributed by atoms with Crippen LogP contribution in [0.25, 0.3) is 32.6 Å². The van der Waals surface area contributed by atoms with Crippen molar-refractivity contribution in [1.29, 1.82) is 0 Å². The number of fused-ring (bicyclic) bond motifs is 2. The first-order valence-electron chi connectivity index (χ1n) is 8.44. The van der Waals surface area contributed by atoms with Gasteiger partial charge in [-0.05, 0) is 29.7 Å². The van der Waals surface area contributed by atoms with E-state index in [2.05, 4.69) is 4.98 Å². The summed E-state index contributed by atoms with van der Waals surface area (Å²) in [5.41, 5.74) is 1.13. The summed E-state index contributed by atoms with van der Waals surface area (Å²) in [6.45, 7) is 0. The van der Waals surface area contributed by atoms with Crippen LogP contribution in [0.15, 0.2) is 60.7 Å². The Morgan fingerprint density at radius 2 is 1.59 bits per heavy atom. The van der Waals surface area contributed by atoms with Crippen LogP contribution in [0.3, 0.4) is 0 Å². The van der Waals surface area contributed by atoms with E-state index in [4.69, 9.17) is 4.98 Å². The van der Waals surface area contributed by atoms with Gasteiger partial charge in [-0.15, -0.1) is 0 Å². The SMILES string of the molecule is FC(F)(F)c1cc2nc3ccccc3c3nc4cccc5ccc1c(c54)N23. The van der Waals surface area contributed by atoms with Gasteiger partial charge in [0.25, 0.3) is 0 Å². The maximum Gasteiger partial charge on any atom is 0.417 e. The van der Waals surface area contributed by atoms with Crippen molar-refractivity contribution in [1.82, 2.24) is 9.97 Å². The van der Waals surface area contributed by atoms with Gasteiger partial charge in [-0.2, -0.15) is 13.2 Å². The second-order valence-corrected chi connectivity index (χ2v) is 6.65. The van der Waals surface area contributed by atoms with E-state index in [0.717, 1.165) is 22.2 Å². The van der Waals surface area contributed by atoms with Crippen LogP contribution in [-0.2, 0) is 6.18 Å². The molecule has 0 fully saturated rings. The summed E-state index contributed by atoms with van der Waals surface area (Å²) in [5, 5.41) is 2.55. The highest BCUT2D eigenvalue weighted by molar-refractivity contribution is 6.18. The lowest BCUT2D eigenvalue weighted by atomic mass is 9.96. The van der Waals surface area contributed by atoms with Gasteiger partial charge in [0.05, 0.1) is 22.3 Å². The summed E-state index contributed by atoms with van der Waals surface area (Å²) in [5.74, 6) is 0.856. The second kappa shape index (κ2) is 4.65. The van der Waals surface area contributed by atoms with Crippen LogP contribution in [0.4, 0.5) is 30.5 Å². The first kappa shape index (κ1) is 14.7. The van der Waals surface area contributed by atoms with Crippen LogP contribution in [-0.4, -0.2) is 9.97 Å². The molecule has 6 heteroatoms. The Labute approximate surface area is 151 Å². The average molecular weight is 361 g/mol. The monoisotopic (exact) mass is 361 g/mol. The zero-order valence-corrected chi connectivity index (χ0v) is 13.7. The molecule has 0 spiro atoms. The first-order chi connectivity index (χ1) is 13.0. The van der Waals surface area contributed by atoms with Crippen molar-refractivity contribution < 1.29 is 13.2 Å². The molecule has 0 bridgehead atoms. The van der Waals surface area contributed by atoms with Crippen molar-refractivity contribution in [2.24, 2.45) is 0 Å². The Morgan fingerprint density at radius 3 is 2.44 bits per heavy atom. The lowest BCUT2D eigenvalue weighted by Crippen LogP contribution is -2.22. The third-order valence-corrected chi connectivity index (χ3v) is 5.14. The standard InChI is InChI=1S/C21H10F3N3/c22-21(23,24)14-10-17-25-15-6-2-1-5-13(15)20-26-16-7-3-4-11-8-9-12(14)19(18(11)16)27(17)20/h1-10H. The molecular formula is C21H10F3N3. The van der Waals surface area contributed by atoms with E-state index < -0.39 is 11.7 Å². The molecular weight excluding hydrogens is 351 g/mol. The predicted octanol–water partition coefficient (Wildman–Crippen LogP) is 6.18. The summed E-state index contributed by atoms with van der Waals surface area (Å²) in [6.07, 6.45) is -4.47. The largest absolute Gasteiger partial charge is 0.417 e. The van der Waals surface area contributed by atoms with Gasteiger partial charge < -0.3 is 0 Å². The van der Waals surface area contributed by atoms with E-state index in [1.807, 2.05) is 36.4 Å². The molecule has 3 heterocycles. The molecule has 0 saturated carbocycles. The number of anilines is 3. The molecule has 0 aromatic heterocycles. The molecule has 130 valence electrons. The zero-order valence-electron chi connectivity index (χ0n) is 13.7. The molecule has 0 amide bonds. The lowest BCUT2D eigenvalue weighted by molar-refractivity contribution is -0.136. The van der Waals surface area contributed by atoms with Crippen molar-refractivity contribution in [2.45, 2.75) is 6.18 Å². The second-order valence-electron chi connectivity index (χ2n) is 6.65. The molecule has 0 saturated heterocycles. The highest BCUT2D eigenvalue weighted by Gasteiger charge is 2.39. The smallest absolute Gasteiger partial charge is 0.277 e. The number of alkyl halides is 3. The number of nitrogens with zero attached hydrogens (tertiary/aromatic N) is 3. The van der Waals surface area contributed by atoms with Crippen molar-refractivity contribution in [2.75, 3.05) is 4.90 Å². The fraction of sp³-hybridized carbons (Fsp3) is 0.0476. The van der Waals surface area contributed by atoms with Gasteiger partial charge in [-0.1, -0.05) is 36.4 Å². The molecule has 0 radical (unpaired) electrons. The molecule has 0 atom stereocenters. The number of hydrogen-bond acceptors (Lipinski definition) is 3. The molecule has 6 rings (SSSR count). The zero-order chi connectivity index (χ0) is 18.3. The maximum absolute atomic E-state index is 13.8. The summed E-state index contributed by atoms with van der Waals surface area (Å²) in [6, 6.07) is 17.4. The van der Waals surface area contributed by atoms with Crippen LogP contribution in [0.2, 0.25) is 0 Å². The summed E-state index contributed by atoms with van der Waals surface area (Å²) in [4.78, 5) is 11.0. The molecule has 3 aliphatic heterocycles. The van der Waals surface area contributed by atoms with Gasteiger partial charge in [-0.3, -0.25) is 4.90 Å². The van der Waals surface area contributed by atoms with E-state index in [9.17, 15) is 13.2 Å². The van der Waals surface area contributed by atoms with Gasteiger partial charge in [0.2, 0.25) is 0 Å². The molecule has 0 N–H and O–H groups in total. The third-order valence-electron chi connectivity index (χ3n) is 5.14. The molecule has 3 nitrogen and oxygen atoms in total. The number of hydrogen-bond donors (Lipinski definition) is 0. The minimum absolute atomic E-state index is 0.160. The van der Waals surface area contributed by atoms with Gasteiger partial charge in [-0.25, -0.2) is 9.97 Å². The molecule has 3 aliphatic rings. The number of aromatic nitrogens is 2. The minimum atomic E-state index is -4.47. The molecule has 0 unspecified atom stereocenters. The lowest BCUT2D eigenvalue weighted by Gasteiger charge is -2.33. The Hall–Kier alpha value is -3.41. The molecule has 27 heavy (non-hydrogen) atoms. The summed E-state index contributed by atoms with van der Waals surface area (Å²) >= 11 is 0. The summed E-state index contributed by atoms with van der Waals surface area (Å²) in [7, 11) is 0. The van der Waals surface area contributed by atoms with Crippen LogP contribution in [0.1, 0.15) is 5.56 Å². The predicted molar refractivity (Wildman–Crippen MR) is 99.0 cm³/mol. The van der Waals surface area contributed by atoms with Gasteiger partial charge >= 0.3 is 6.18 Å². The van der Waals surface area contributed by atoms with E-state index in [1.165, 1.54) is 0 Å². The normalized spacial score (nSPS) is 13.7. The van der Waals surface area contributed by atoms with Gasteiger partial charge in [0, 0.05) is 16.2 Å². The Kier molecular flexibility index (Phi) is 2.54. The number of benzene rings is 3. The fourth-order valence-corrected chi connectivity index (χ4v) is 4.03. The molecule has 3 aromatic rings. The Bertz CT molecular complexity index is 1370. The fourth-order valence-electron chi connectivity index (χ4n) is 4.03. The van der Waals surface area contributed by atoms with Crippen LogP contribution < -0.4 is 4.90 Å². The Morgan fingerprint density at radius 1 is 0.778 bits per heavy atom. The number of rotatable bonds is 0. The van der Waals surface area contributed by atoms with E-state index in [1.54, 1.807) is 23.1 Å². The van der Waals surface area contributed by atoms with E-state index >= 15 is 0 Å². The minimum Gasteiger partial charge on any atom is -0.277 e. The Balaban J connectivity index is 1.96. The average Bonchev–Trinajstić information content (AvgIpc) is 2.66. The first-order valence-corrected chi connectivity index (χ1v) is 8.44. The highest BCUT2D eigenvalue weighted by atomic mass is 19.4. The molecule has 3 aromatic carbocycles. The third kappa shape index (κ3) is 1.82. The van der Waals surface area contributed by atoms with Crippen LogP contribution in [0.5, 0.6) is 0 Å². The van der Waals surface area contributed by atoms with E-state index in [-0.39, 0.29) is 11.2 Å². The highest BCUT2D eigenvalue weighted by Crippen LogP contribution is 2.52. The van der Waals surface area contributed by atoms with Crippen molar-refractivity contribution in [3.8, 4) is 0 Å². The number of halogens is 3. The topological polar surface area (TPSA) is 29.0 Å². The van der Waals surface area contributed by atoms with Crippen LogP contribution >= 0.6 is 0 Å². The van der Waals surface area contributed by atoms with Gasteiger partial charge in [0.1, 0.15) is 11.6 Å². The quantitative estimate of drug-likeness (QED) is 0.324. The van der Waals surface area contributed by atoms with Crippen molar-refractivity contribution in [3.63, 3.8) is 0 Å². The van der Waals surface area contributed by atoms with Crippen molar-refractivity contribution in [3.05, 3.63) is 66.2 Å². The van der Waals surface area contributed by atoms with Gasteiger partial charge in [0.15, 0.2) is 0 Å². The van der Waals surface area contributed by atoms with Crippen LogP contribution in [0, 0.1) is 0 Å². The summed E-state index contributed by atoms with van der Waals surface area (Å²) < 4.78 is 41.4. The van der Waals surface area contributed by atoms with Crippen molar-refractivity contribution >= 4 is 49.9 Å². The van der Waals surface area contributed by atoms with E-state index in [0.29, 0.717) is 22.5 Å². The number of para-hydroxylation sites is 1.